The predicted molar refractivity (Wildman–Crippen MR) is 82.6 cm³/mol. The standard InChI is InChI=1S/C15H12BrN3O2/c16-13-4-2-1-3-12(13)15-18-14(21-19-15)9-20-11-7-5-10(17)6-8-11/h1-8H,9,17H2. The first-order chi connectivity index (χ1) is 10.2. The van der Waals surface area contributed by atoms with Crippen molar-refractivity contribution in [1.29, 1.82) is 0 Å². The average molecular weight is 346 g/mol. The Morgan fingerprint density at radius 3 is 2.62 bits per heavy atom. The van der Waals surface area contributed by atoms with Crippen LogP contribution in [0.2, 0.25) is 0 Å². The summed E-state index contributed by atoms with van der Waals surface area (Å²) in [6, 6.07) is 14.8. The van der Waals surface area contributed by atoms with Crippen molar-refractivity contribution in [2.24, 2.45) is 0 Å². The van der Waals surface area contributed by atoms with Crippen LogP contribution >= 0.6 is 15.9 Å². The fourth-order valence-electron chi connectivity index (χ4n) is 1.77. The summed E-state index contributed by atoms with van der Waals surface area (Å²) in [6.07, 6.45) is 0. The van der Waals surface area contributed by atoms with Gasteiger partial charge in [0.25, 0.3) is 5.89 Å². The van der Waals surface area contributed by atoms with E-state index in [9.17, 15) is 0 Å². The van der Waals surface area contributed by atoms with Crippen LogP contribution in [-0.4, -0.2) is 10.1 Å². The number of halogens is 1. The maximum atomic E-state index is 5.61. The first-order valence-electron chi connectivity index (χ1n) is 6.28. The molecule has 0 fully saturated rings. The first-order valence-corrected chi connectivity index (χ1v) is 7.07. The van der Waals surface area contributed by atoms with Gasteiger partial charge in [-0.25, -0.2) is 0 Å². The zero-order chi connectivity index (χ0) is 14.7. The third kappa shape index (κ3) is 3.22. The van der Waals surface area contributed by atoms with Gasteiger partial charge >= 0.3 is 0 Å². The molecule has 0 saturated carbocycles. The Balaban J connectivity index is 1.71. The van der Waals surface area contributed by atoms with E-state index in [1.807, 2.05) is 24.3 Å². The number of nitrogens with zero attached hydrogens (tertiary/aromatic N) is 2. The second-order valence-corrected chi connectivity index (χ2v) is 5.20. The monoisotopic (exact) mass is 345 g/mol. The van der Waals surface area contributed by atoms with Crippen molar-refractivity contribution in [2.45, 2.75) is 6.61 Å². The highest BCUT2D eigenvalue weighted by Gasteiger charge is 2.11. The SMILES string of the molecule is Nc1ccc(OCc2nc(-c3ccccc3Br)no2)cc1. The summed E-state index contributed by atoms with van der Waals surface area (Å²) in [4.78, 5) is 4.32. The summed E-state index contributed by atoms with van der Waals surface area (Å²) in [5, 5.41) is 3.96. The number of hydrogen-bond acceptors (Lipinski definition) is 5. The molecule has 0 spiro atoms. The number of anilines is 1. The molecule has 0 aliphatic rings. The Hall–Kier alpha value is -2.34. The third-order valence-electron chi connectivity index (χ3n) is 2.83. The van der Waals surface area contributed by atoms with Gasteiger partial charge in [0.2, 0.25) is 5.82 Å². The van der Waals surface area contributed by atoms with Crippen molar-refractivity contribution >= 4 is 21.6 Å². The van der Waals surface area contributed by atoms with Crippen molar-refractivity contribution in [3.05, 3.63) is 58.9 Å². The molecule has 2 N–H and O–H groups in total. The number of nitrogen functional groups attached to an aromatic ring is 1. The molecule has 0 radical (unpaired) electrons. The molecule has 0 amide bonds. The fraction of sp³-hybridized carbons (Fsp3) is 0.0667. The number of hydrogen-bond donors (Lipinski definition) is 1. The molecule has 3 rings (SSSR count). The van der Waals surface area contributed by atoms with Crippen molar-refractivity contribution < 1.29 is 9.26 Å². The number of benzene rings is 2. The summed E-state index contributed by atoms with van der Waals surface area (Å²) in [7, 11) is 0. The molecule has 0 bridgehead atoms. The molecule has 1 heterocycles. The molecule has 21 heavy (non-hydrogen) atoms. The maximum Gasteiger partial charge on any atom is 0.264 e. The highest BCUT2D eigenvalue weighted by Crippen LogP contribution is 2.25. The zero-order valence-electron chi connectivity index (χ0n) is 11.0. The lowest BCUT2D eigenvalue weighted by molar-refractivity contribution is 0.243. The van der Waals surface area contributed by atoms with E-state index in [0.29, 0.717) is 23.2 Å². The van der Waals surface area contributed by atoms with Gasteiger partial charge in [0, 0.05) is 15.7 Å². The van der Waals surface area contributed by atoms with Gasteiger partial charge in [0.15, 0.2) is 6.61 Å². The summed E-state index contributed by atoms with van der Waals surface area (Å²) >= 11 is 3.46. The molecule has 3 aromatic rings. The minimum absolute atomic E-state index is 0.210. The molecule has 0 saturated heterocycles. The normalized spacial score (nSPS) is 10.5. The second kappa shape index (κ2) is 5.97. The minimum Gasteiger partial charge on any atom is -0.484 e. The Morgan fingerprint density at radius 2 is 1.86 bits per heavy atom. The van der Waals surface area contributed by atoms with Gasteiger partial charge < -0.3 is 15.0 Å². The van der Waals surface area contributed by atoms with Gasteiger partial charge in [-0.2, -0.15) is 4.98 Å². The smallest absolute Gasteiger partial charge is 0.264 e. The lowest BCUT2D eigenvalue weighted by Crippen LogP contribution is -1.96. The zero-order valence-corrected chi connectivity index (χ0v) is 12.6. The molecule has 0 aliphatic carbocycles. The number of nitrogens with two attached hydrogens (primary N) is 1. The van der Waals surface area contributed by atoms with E-state index in [1.54, 1.807) is 24.3 Å². The summed E-state index contributed by atoms with van der Waals surface area (Å²) in [5.41, 5.74) is 7.18. The van der Waals surface area contributed by atoms with Gasteiger partial charge in [-0.05, 0) is 36.4 Å². The van der Waals surface area contributed by atoms with E-state index in [2.05, 4.69) is 26.1 Å². The van der Waals surface area contributed by atoms with E-state index >= 15 is 0 Å². The van der Waals surface area contributed by atoms with Crippen LogP contribution in [0, 0.1) is 0 Å². The van der Waals surface area contributed by atoms with Crippen LogP contribution in [0.1, 0.15) is 5.89 Å². The highest BCUT2D eigenvalue weighted by molar-refractivity contribution is 9.10. The third-order valence-corrected chi connectivity index (χ3v) is 3.52. The second-order valence-electron chi connectivity index (χ2n) is 4.35. The molecule has 0 aliphatic heterocycles. The Morgan fingerprint density at radius 1 is 1.10 bits per heavy atom. The molecular weight excluding hydrogens is 334 g/mol. The number of rotatable bonds is 4. The van der Waals surface area contributed by atoms with Crippen molar-refractivity contribution in [2.75, 3.05) is 5.73 Å². The van der Waals surface area contributed by atoms with Crippen LogP contribution in [0.4, 0.5) is 5.69 Å². The predicted octanol–water partition coefficient (Wildman–Crippen LogP) is 3.66. The van der Waals surface area contributed by atoms with Gasteiger partial charge in [-0.15, -0.1) is 0 Å². The van der Waals surface area contributed by atoms with Crippen LogP contribution in [-0.2, 0) is 6.61 Å². The van der Waals surface area contributed by atoms with Crippen molar-refractivity contribution in [3.63, 3.8) is 0 Å². The number of ether oxygens (including phenoxy) is 1. The molecule has 1 aromatic heterocycles. The Bertz CT molecular complexity index is 741. The molecular formula is C15H12BrN3O2. The average Bonchev–Trinajstić information content (AvgIpc) is 2.96. The van der Waals surface area contributed by atoms with E-state index < -0.39 is 0 Å². The van der Waals surface area contributed by atoms with Gasteiger partial charge in [-0.1, -0.05) is 33.2 Å². The van der Waals surface area contributed by atoms with Crippen LogP contribution in [0.25, 0.3) is 11.4 Å². The van der Waals surface area contributed by atoms with Crippen LogP contribution < -0.4 is 10.5 Å². The first kappa shape index (κ1) is 13.6. The molecule has 6 heteroatoms. The number of aromatic nitrogens is 2. The van der Waals surface area contributed by atoms with Crippen LogP contribution in [0.15, 0.2) is 57.5 Å². The van der Waals surface area contributed by atoms with E-state index in [-0.39, 0.29) is 6.61 Å². The Kier molecular flexibility index (Phi) is 3.87. The lowest BCUT2D eigenvalue weighted by atomic mass is 10.2. The fourth-order valence-corrected chi connectivity index (χ4v) is 2.24. The van der Waals surface area contributed by atoms with Crippen LogP contribution in [0.5, 0.6) is 5.75 Å². The quantitative estimate of drug-likeness (QED) is 0.730. The molecule has 5 nitrogen and oxygen atoms in total. The molecule has 0 atom stereocenters. The van der Waals surface area contributed by atoms with Crippen LogP contribution in [0.3, 0.4) is 0 Å². The largest absolute Gasteiger partial charge is 0.484 e. The summed E-state index contributed by atoms with van der Waals surface area (Å²) in [6.45, 7) is 0.210. The lowest BCUT2D eigenvalue weighted by Gasteiger charge is -2.02. The van der Waals surface area contributed by atoms with Gasteiger partial charge in [-0.3, -0.25) is 0 Å². The maximum absolute atomic E-state index is 5.61. The van der Waals surface area contributed by atoms with Gasteiger partial charge in [0.05, 0.1) is 0 Å². The molecule has 106 valence electrons. The van der Waals surface area contributed by atoms with Crippen molar-refractivity contribution in [1.82, 2.24) is 10.1 Å². The van der Waals surface area contributed by atoms with E-state index in [0.717, 1.165) is 10.0 Å². The highest BCUT2D eigenvalue weighted by atomic mass is 79.9. The molecule has 0 unspecified atom stereocenters. The van der Waals surface area contributed by atoms with Crippen molar-refractivity contribution in [3.8, 4) is 17.1 Å². The van der Waals surface area contributed by atoms with E-state index in [4.69, 9.17) is 15.0 Å². The van der Waals surface area contributed by atoms with Gasteiger partial charge in [0.1, 0.15) is 5.75 Å². The minimum atomic E-state index is 0.210. The summed E-state index contributed by atoms with van der Waals surface area (Å²) < 4.78 is 11.7. The Labute approximate surface area is 129 Å². The summed E-state index contributed by atoms with van der Waals surface area (Å²) in [5.74, 6) is 1.64. The topological polar surface area (TPSA) is 74.2 Å². The molecule has 2 aromatic carbocycles. The van der Waals surface area contributed by atoms with E-state index in [1.165, 1.54) is 0 Å².